The van der Waals surface area contributed by atoms with Crippen molar-refractivity contribution in [3.63, 3.8) is 0 Å². The summed E-state index contributed by atoms with van der Waals surface area (Å²) in [7, 11) is 0. The van der Waals surface area contributed by atoms with Gasteiger partial charge in [0.05, 0.1) is 0 Å². The first-order valence-electron chi connectivity index (χ1n) is 6.86. The van der Waals surface area contributed by atoms with Crippen molar-refractivity contribution in [1.82, 2.24) is 14.9 Å². The van der Waals surface area contributed by atoms with Gasteiger partial charge >= 0.3 is 0 Å². The molecule has 0 unspecified atom stereocenters. The average molecular weight is 286 g/mol. The molecule has 0 radical (unpaired) electrons. The van der Waals surface area contributed by atoms with Crippen molar-refractivity contribution in [3.05, 3.63) is 17.0 Å². The largest absolute Gasteiger partial charge is 0.476 e. The summed E-state index contributed by atoms with van der Waals surface area (Å²) in [6.45, 7) is 12.2. The first-order valence-corrected chi connectivity index (χ1v) is 7.23. The molecule has 19 heavy (non-hydrogen) atoms. The maximum atomic E-state index is 5.93. The van der Waals surface area contributed by atoms with E-state index in [2.05, 4.69) is 42.6 Å². The Kier molecular flexibility index (Phi) is 6.52. The molecule has 0 saturated heterocycles. The molecule has 0 spiro atoms. The van der Waals surface area contributed by atoms with Crippen LogP contribution >= 0.6 is 11.6 Å². The van der Waals surface area contributed by atoms with Gasteiger partial charge in [0.25, 0.3) is 0 Å². The molecule has 1 heterocycles. The van der Waals surface area contributed by atoms with Crippen molar-refractivity contribution in [3.8, 4) is 5.88 Å². The Morgan fingerprint density at radius 2 is 1.84 bits per heavy atom. The smallest absolute Gasteiger partial charge is 0.218 e. The molecule has 1 aromatic heterocycles. The molecule has 0 saturated carbocycles. The van der Waals surface area contributed by atoms with Crippen molar-refractivity contribution in [2.24, 2.45) is 0 Å². The molecular formula is C14H24ClN3O. The highest BCUT2D eigenvalue weighted by Crippen LogP contribution is 2.14. The molecule has 0 aliphatic heterocycles. The van der Waals surface area contributed by atoms with Crippen LogP contribution in [0.1, 0.15) is 40.4 Å². The van der Waals surface area contributed by atoms with Gasteiger partial charge in [0.15, 0.2) is 0 Å². The topological polar surface area (TPSA) is 38.2 Å². The van der Waals surface area contributed by atoms with Gasteiger partial charge in [-0.05, 0) is 27.7 Å². The number of hydrogen-bond donors (Lipinski definition) is 0. The van der Waals surface area contributed by atoms with Gasteiger partial charge in [0, 0.05) is 31.1 Å². The number of aryl methyl sites for hydroxylation is 1. The van der Waals surface area contributed by atoms with E-state index < -0.39 is 0 Å². The summed E-state index contributed by atoms with van der Waals surface area (Å²) in [5.41, 5.74) is 0. The Morgan fingerprint density at radius 3 is 2.37 bits per heavy atom. The van der Waals surface area contributed by atoms with Crippen LogP contribution in [0.3, 0.4) is 0 Å². The zero-order valence-corrected chi connectivity index (χ0v) is 13.2. The Balaban J connectivity index is 2.55. The van der Waals surface area contributed by atoms with E-state index in [1.165, 1.54) is 0 Å². The second kappa shape index (κ2) is 7.65. The molecule has 4 nitrogen and oxygen atoms in total. The molecule has 0 aromatic carbocycles. The third-order valence-corrected chi connectivity index (χ3v) is 3.15. The van der Waals surface area contributed by atoms with E-state index in [1.54, 1.807) is 6.07 Å². The van der Waals surface area contributed by atoms with Crippen LogP contribution in [0.4, 0.5) is 0 Å². The molecule has 0 amide bonds. The van der Waals surface area contributed by atoms with Crippen LogP contribution < -0.4 is 4.74 Å². The third-order valence-electron chi connectivity index (χ3n) is 2.96. The number of rotatable bonds is 7. The van der Waals surface area contributed by atoms with Crippen LogP contribution in [0, 0.1) is 0 Å². The normalized spacial score (nSPS) is 11.6. The fourth-order valence-corrected chi connectivity index (χ4v) is 2.23. The minimum atomic E-state index is 0.437. The number of aromatic nitrogens is 2. The minimum Gasteiger partial charge on any atom is -0.476 e. The minimum absolute atomic E-state index is 0.437. The van der Waals surface area contributed by atoms with E-state index in [0.29, 0.717) is 35.5 Å². The monoisotopic (exact) mass is 285 g/mol. The number of hydrogen-bond acceptors (Lipinski definition) is 4. The molecular weight excluding hydrogens is 262 g/mol. The maximum absolute atomic E-state index is 5.93. The van der Waals surface area contributed by atoms with Gasteiger partial charge in [-0.3, -0.25) is 4.90 Å². The second-order valence-corrected chi connectivity index (χ2v) is 5.46. The molecule has 0 N–H and O–H groups in total. The molecule has 0 fully saturated rings. The quantitative estimate of drug-likeness (QED) is 0.721. The van der Waals surface area contributed by atoms with Crippen molar-refractivity contribution >= 4 is 11.6 Å². The van der Waals surface area contributed by atoms with Crippen LogP contribution in [0.25, 0.3) is 0 Å². The van der Waals surface area contributed by atoms with Crippen LogP contribution in [0.2, 0.25) is 5.15 Å². The van der Waals surface area contributed by atoms with E-state index in [0.717, 1.165) is 13.0 Å². The maximum Gasteiger partial charge on any atom is 0.218 e. The van der Waals surface area contributed by atoms with Crippen molar-refractivity contribution in [1.29, 1.82) is 0 Å². The predicted molar refractivity (Wildman–Crippen MR) is 78.9 cm³/mol. The van der Waals surface area contributed by atoms with Crippen molar-refractivity contribution < 1.29 is 4.74 Å². The van der Waals surface area contributed by atoms with Crippen LogP contribution in [0.5, 0.6) is 5.88 Å². The van der Waals surface area contributed by atoms with E-state index in [4.69, 9.17) is 16.3 Å². The van der Waals surface area contributed by atoms with E-state index in [-0.39, 0.29) is 0 Å². The van der Waals surface area contributed by atoms with Crippen LogP contribution in [0.15, 0.2) is 6.07 Å². The summed E-state index contributed by atoms with van der Waals surface area (Å²) in [6, 6.07) is 2.67. The zero-order valence-electron chi connectivity index (χ0n) is 12.5. The highest BCUT2D eigenvalue weighted by atomic mass is 35.5. The Morgan fingerprint density at radius 1 is 1.21 bits per heavy atom. The van der Waals surface area contributed by atoms with E-state index >= 15 is 0 Å². The average Bonchev–Trinajstić information content (AvgIpc) is 2.32. The Hall–Kier alpha value is -0.870. The molecule has 0 atom stereocenters. The summed E-state index contributed by atoms with van der Waals surface area (Å²) in [4.78, 5) is 10.8. The zero-order chi connectivity index (χ0) is 14.4. The number of ether oxygens (including phenoxy) is 1. The fourth-order valence-electron chi connectivity index (χ4n) is 2.04. The fraction of sp³-hybridized carbons (Fsp3) is 0.714. The summed E-state index contributed by atoms with van der Waals surface area (Å²) >= 11 is 5.93. The standard InChI is InChI=1S/C14H24ClN3O/c1-6-13-16-12(15)9-14(17-13)19-8-7-18(10(2)3)11(4)5/h9-11H,6-8H2,1-5H3. The van der Waals surface area contributed by atoms with Crippen molar-refractivity contribution in [2.75, 3.05) is 13.2 Å². The van der Waals surface area contributed by atoms with Gasteiger partial charge in [0.2, 0.25) is 5.88 Å². The van der Waals surface area contributed by atoms with Gasteiger partial charge in [-0.1, -0.05) is 18.5 Å². The lowest BCUT2D eigenvalue weighted by Gasteiger charge is -2.30. The van der Waals surface area contributed by atoms with Gasteiger partial charge in [-0.25, -0.2) is 4.98 Å². The number of nitrogens with zero attached hydrogens (tertiary/aromatic N) is 3. The first kappa shape index (κ1) is 16.2. The van der Waals surface area contributed by atoms with Gasteiger partial charge in [0.1, 0.15) is 17.6 Å². The molecule has 0 aliphatic carbocycles. The highest BCUT2D eigenvalue weighted by molar-refractivity contribution is 6.29. The SMILES string of the molecule is CCc1nc(Cl)cc(OCCN(C(C)C)C(C)C)n1. The summed E-state index contributed by atoms with van der Waals surface area (Å²) in [5, 5.41) is 0.437. The molecule has 0 aliphatic rings. The molecule has 5 heteroatoms. The summed E-state index contributed by atoms with van der Waals surface area (Å²) in [5.74, 6) is 1.27. The summed E-state index contributed by atoms with van der Waals surface area (Å²) < 4.78 is 5.68. The van der Waals surface area contributed by atoms with Crippen molar-refractivity contribution in [2.45, 2.75) is 53.1 Å². The van der Waals surface area contributed by atoms with Crippen LogP contribution in [-0.2, 0) is 6.42 Å². The lowest BCUT2D eigenvalue weighted by molar-refractivity contribution is 0.140. The van der Waals surface area contributed by atoms with E-state index in [1.807, 2.05) is 6.92 Å². The first-order chi connectivity index (χ1) is 8.93. The van der Waals surface area contributed by atoms with Gasteiger partial charge < -0.3 is 4.74 Å². The summed E-state index contributed by atoms with van der Waals surface area (Å²) in [6.07, 6.45) is 0.751. The van der Waals surface area contributed by atoms with Gasteiger partial charge in [-0.15, -0.1) is 0 Å². The van der Waals surface area contributed by atoms with Crippen LogP contribution in [-0.4, -0.2) is 40.1 Å². The number of halogens is 1. The molecule has 0 bridgehead atoms. The third kappa shape index (κ3) is 5.33. The highest BCUT2D eigenvalue weighted by Gasteiger charge is 2.13. The predicted octanol–water partition coefficient (Wildman–Crippen LogP) is 3.19. The van der Waals surface area contributed by atoms with E-state index in [9.17, 15) is 0 Å². The lowest BCUT2D eigenvalue weighted by atomic mass is 10.2. The molecule has 1 aromatic rings. The molecule has 108 valence electrons. The second-order valence-electron chi connectivity index (χ2n) is 5.07. The lowest BCUT2D eigenvalue weighted by Crippen LogP contribution is -2.39. The molecule has 1 rings (SSSR count). The van der Waals surface area contributed by atoms with Gasteiger partial charge in [-0.2, -0.15) is 4.98 Å². The Bertz CT molecular complexity index is 388. The Labute approximate surface area is 121 Å².